The molecule has 0 aromatic rings. The summed E-state index contributed by atoms with van der Waals surface area (Å²) in [6.07, 6.45) is 3.16. The van der Waals surface area contributed by atoms with Crippen LogP contribution in [0.5, 0.6) is 0 Å². The third-order valence-corrected chi connectivity index (χ3v) is 5.61. The van der Waals surface area contributed by atoms with Gasteiger partial charge in [-0.15, -0.1) is 0 Å². The van der Waals surface area contributed by atoms with Crippen molar-refractivity contribution in [3.05, 3.63) is 0 Å². The molecular formula is C17H27N3O3. The summed E-state index contributed by atoms with van der Waals surface area (Å²) in [6, 6.07) is -0.391. The Labute approximate surface area is 137 Å². The number of hydrogen-bond donors (Lipinski definition) is 0. The third kappa shape index (κ3) is 2.72. The van der Waals surface area contributed by atoms with Crippen LogP contribution < -0.4 is 0 Å². The van der Waals surface area contributed by atoms with E-state index in [4.69, 9.17) is 0 Å². The fourth-order valence-corrected chi connectivity index (χ4v) is 4.27. The van der Waals surface area contributed by atoms with Crippen LogP contribution in [-0.2, 0) is 9.59 Å². The van der Waals surface area contributed by atoms with Crippen molar-refractivity contribution in [2.45, 2.75) is 52.5 Å². The Morgan fingerprint density at radius 3 is 2.43 bits per heavy atom. The highest BCUT2D eigenvalue weighted by molar-refractivity contribution is 6.04. The number of urea groups is 1. The molecule has 6 nitrogen and oxygen atoms in total. The van der Waals surface area contributed by atoms with Gasteiger partial charge in [0.2, 0.25) is 5.91 Å². The van der Waals surface area contributed by atoms with Gasteiger partial charge in [-0.05, 0) is 37.5 Å². The van der Waals surface area contributed by atoms with Gasteiger partial charge in [-0.1, -0.05) is 13.8 Å². The second-order valence-corrected chi connectivity index (χ2v) is 7.69. The minimum absolute atomic E-state index is 0.0322. The predicted molar refractivity (Wildman–Crippen MR) is 85.6 cm³/mol. The molecule has 3 saturated heterocycles. The van der Waals surface area contributed by atoms with E-state index in [1.807, 2.05) is 11.8 Å². The number of likely N-dealkylation sites (tertiary alicyclic amines) is 1. The van der Waals surface area contributed by atoms with Crippen molar-refractivity contribution < 1.29 is 14.4 Å². The number of likely N-dealkylation sites (N-methyl/N-ethyl adjacent to an activating group) is 1. The molecule has 0 radical (unpaired) electrons. The van der Waals surface area contributed by atoms with Crippen molar-refractivity contribution in [2.24, 2.45) is 11.3 Å². The van der Waals surface area contributed by atoms with E-state index in [2.05, 4.69) is 13.8 Å². The molecule has 0 bridgehead atoms. The molecule has 0 aromatic heterocycles. The van der Waals surface area contributed by atoms with Gasteiger partial charge in [0.15, 0.2) is 0 Å². The number of amides is 4. The van der Waals surface area contributed by atoms with E-state index >= 15 is 0 Å². The normalized spacial score (nSPS) is 26.6. The number of rotatable bonds is 3. The van der Waals surface area contributed by atoms with Crippen LogP contribution in [-0.4, -0.2) is 64.8 Å². The van der Waals surface area contributed by atoms with Crippen molar-refractivity contribution in [1.82, 2.24) is 14.7 Å². The molecule has 3 aliphatic rings. The van der Waals surface area contributed by atoms with Crippen molar-refractivity contribution in [2.75, 3.05) is 26.2 Å². The van der Waals surface area contributed by atoms with Gasteiger partial charge in [0.1, 0.15) is 6.04 Å². The highest BCUT2D eigenvalue weighted by Crippen LogP contribution is 2.46. The first-order chi connectivity index (χ1) is 10.9. The number of imide groups is 1. The van der Waals surface area contributed by atoms with E-state index in [9.17, 15) is 14.4 Å². The summed E-state index contributed by atoms with van der Waals surface area (Å²) in [7, 11) is 0. The average Bonchev–Trinajstić information content (AvgIpc) is 2.96. The molecule has 0 N–H and O–H groups in total. The van der Waals surface area contributed by atoms with Gasteiger partial charge < -0.3 is 9.80 Å². The molecule has 3 fully saturated rings. The fourth-order valence-electron chi connectivity index (χ4n) is 4.27. The minimum atomic E-state index is -0.264. The Bertz CT molecular complexity index is 497. The Balaban J connectivity index is 1.62. The first kappa shape index (κ1) is 16.3. The van der Waals surface area contributed by atoms with E-state index in [1.54, 1.807) is 4.90 Å². The quantitative estimate of drug-likeness (QED) is 0.743. The van der Waals surface area contributed by atoms with Gasteiger partial charge >= 0.3 is 6.03 Å². The number of carbonyl (C=O) groups excluding carboxylic acids is 3. The molecular weight excluding hydrogens is 294 g/mol. The highest BCUT2D eigenvalue weighted by atomic mass is 16.2. The lowest BCUT2D eigenvalue weighted by molar-refractivity contribution is -0.134. The van der Waals surface area contributed by atoms with E-state index in [0.29, 0.717) is 25.4 Å². The molecule has 6 heteroatoms. The SMILES string of the molecule is CCN1C(=O)C2CC3(CCN(C(=O)CC(C)C)CC3)CN2C1=O. The van der Waals surface area contributed by atoms with Crippen LogP contribution in [0, 0.1) is 11.3 Å². The summed E-state index contributed by atoms with van der Waals surface area (Å²) in [5, 5.41) is 0. The number of nitrogens with zero attached hydrogens (tertiary/aromatic N) is 3. The van der Waals surface area contributed by atoms with Crippen molar-refractivity contribution in [3.8, 4) is 0 Å². The van der Waals surface area contributed by atoms with E-state index in [1.165, 1.54) is 4.90 Å². The Kier molecular flexibility index (Phi) is 4.10. The number of piperidine rings is 1. The number of hydrogen-bond acceptors (Lipinski definition) is 3. The topological polar surface area (TPSA) is 60.9 Å². The van der Waals surface area contributed by atoms with Crippen molar-refractivity contribution >= 4 is 17.8 Å². The Hall–Kier alpha value is -1.59. The summed E-state index contributed by atoms with van der Waals surface area (Å²) >= 11 is 0. The summed E-state index contributed by atoms with van der Waals surface area (Å²) < 4.78 is 0. The Morgan fingerprint density at radius 1 is 1.26 bits per heavy atom. The van der Waals surface area contributed by atoms with Crippen LogP contribution in [0.25, 0.3) is 0 Å². The zero-order valence-corrected chi connectivity index (χ0v) is 14.4. The number of carbonyl (C=O) groups is 3. The predicted octanol–water partition coefficient (Wildman–Crippen LogP) is 1.70. The van der Waals surface area contributed by atoms with Crippen LogP contribution in [0.2, 0.25) is 0 Å². The second kappa shape index (κ2) is 5.80. The first-order valence-corrected chi connectivity index (χ1v) is 8.76. The maximum atomic E-state index is 12.3. The van der Waals surface area contributed by atoms with Crippen LogP contribution in [0.15, 0.2) is 0 Å². The molecule has 0 aliphatic carbocycles. The number of fused-ring (bicyclic) bond motifs is 1. The maximum absolute atomic E-state index is 12.3. The van der Waals surface area contributed by atoms with Gasteiger partial charge in [0, 0.05) is 32.6 Å². The summed E-state index contributed by atoms with van der Waals surface area (Å²) in [5.74, 6) is 0.580. The molecule has 128 valence electrons. The lowest BCUT2D eigenvalue weighted by Gasteiger charge is -2.39. The van der Waals surface area contributed by atoms with E-state index < -0.39 is 0 Å². The lowest BCUT2D eigenvalue weighted by atomic mass is 9.76. The maximum Gasteiger partial charge on any atom is 0.327 e. The highest BCUT2D eigenvalue weighted by Gasteiger charge is 2.56. The third-order valence-electron chi connectivity index (χ3n) is 5.61. The van der Waals surface area contributed by atoms with E-state index in [0.717, 1.165) is 32.4 Å². The monoisotopic (exact) mass is 321 g/mol. The molecule has 1 spiro atoms. The average molecular weight is 321 g/mol. The summed E-state index contributed by atoms with van der Waals surface area (Å²) in [4.78, 5) is 41.9. The van der Waals surface area contributed by atoms with Crippen LogP contribution in [0.3, 0.4) is 0 Å². The van der Waals surface area contributed by atoms with Gasteiger partial charge in [-0.2, -0.15) is 0 Å². The van der Waals surface area contributed by atoms with Crippen molar-refractivity contribution in [1.29, 1.82) is 0 Å². The Morgan fingerprint density at radius 2 is 1.91 bits per heavy atom. The van der Waals surface area contributed by atoms with Crippen LogP contribution in [0.1, 0.15) is 46.5 Å². The first-order valence-electron chi connectivity index (χ1n) is 8.76. The van der Waals surface area contributed by atoms with Gasteiger partial charge in [0.05, 0.1) is 0 Å². The minimum Gasteiger partial charge on any atom is -0.343 e. The second-order valence-electron chi connectivity index (χ2n) is 7.69. The van der Waals surface area contributed by atoms with Gasteiger partial charge in [-0.3, -0.25) is 14.5 Å². The lowest BCUT2D eigenvalue weighted by Crippen LogP contribution is -2.46. The molecule has 23 heavy (non-hydrogen) atoms. The van der Waals surface area contributed by atoms with Gasteiger partial charge in [-0.25, -0.2) is 4.79 Å². The standard InChI is InChI=1S/C17H27N3O3/c1-4-19-15(22)13-10-17(11-20(13)16(19)23)5-7-18(8-6-17)14(21)9-12(2)3/h12-13H,4-11H2,1-3H3. The molecule has 1 unspecified atom stereocenters. The fraction of sp³-hybridized carbons (Fsp3) is 0.824. The van der Waals surface area contributed by atoms with E-state index in [-0.39, 0.29) is 29.3 Å². The molecule has 4 amide bonds. The zero-order chi connectivity index (χ0) is 16.8. The molecule has 0 aromatic carbocycles. The molecule has 1 atom stereocenters. The zero-order valence-electron chi connectivity index (χ0n) is 14.4. The smallest absolute Gasteiger partial charge is 0.327 e. The summed E-state index contributed by atoms with van der Waals surface area (Å²) in [5.41, 5.74) is 0.0322. The molecule has 3 aliphatic heterocycles. The molecule has 3 rings (SSSR count). The van der Waals surface area contributed by atoms with Crippen LogP contribution in [0.4, 0.5) is 4.79 Å². The largest absolute Gasteiger partial charge is 0.343 e. The van der Waals surface area contributed by atoms with Crippen molar-refractivity contribution in [3.63, 3.8) is 0 Å². The van der Waals surface area contributed by atoms with Crippen LogP contribution >= 0.6 is 0 Å². The van der Waals surface area contributed by atoms with Gasteiger partial charge in [0.25, 0.3) is 5.91 Å². The summed E-state index contributed by atoms with van der Waals surface area (Å²) in [6.45, 7) is 8.60. The molecule has 3 heterocycles. The molecule has 0 saturated carbocycles.